The zero-order valence-corrected chi connectivity index (χ0v) is 22.7. The number of fused-ring (bicyclic) bond motifs is 1. The van der Waals surface area contributed by atoms with Crippen molar-refractivity contribution in [2.45, 2.75) is 38.6 Å². The van der Waals surface area contributed by atoms with Crippen LogP contribution in [0.2, 0.25) is 0 Å². The minimum atomic E-state index is -1.16. The van der Waals surface area contributed by atoms with Crippen LogP contribution < -0.4 is 4.74 Å². The first kappa shape index (κ1) is 28.0. The third-order valence-corrected chi connectivity index (χ3v) is 7.82. The van der Waals surface area contributed by atoms with Gasteiger partial charge < -0.3 is 9.47 Å². The lowest BCUT2D eigenvalue weighted by Gasteiger charge is -2.25. The van der Waals surface area contributed by atoms with E-state index in [1.165, 1.54) is 24.3 Å². The molecule has 2 aliphatic rings. The highest BCUT2D eigenvalue weighted by Crippen LogP contribution is 2.41. The molecule has 3 aromatic rings. The summed E-state index contributed by atoms with van der Waals surface area (Å²) in [5.74, 6) is -2.72. The fourth-order valence-corrected chi connectivity index (χ4v) is 5.61. The Bertz CT molecular complexity index is 1440. The summed E-state index contributed by atoms with van der Waals surface area (Å²) in [7, 11) is 0. The fourth-order valence-electron chi connectivity index (χ4n) is 5.61. The minimum absolute atomic E-state index is 0.0990. The second kappa shape index (κ2) is 12.3. The summed E-state index contributed by atoms with van der Waals surface area (Å²) in [6, 6.07) is 22.4. The molecule has 8 nitrogen and oxygen atoms in total. The highest BCUT2D eigenvalue weighted by Gasteiger charge is 2.53. The third-order valence-electron chi connectivity index (χ3n) is 7.82. The van der Waals surface area contributed by atoms with Gasteiger partial charge in [-0.15, -0.1) is 0 Å². The summed E-state index contributed by atoms with van der Waals surface area (Å²) in [5, 5.41) is 0. The Morgan fingerprint density at radius 1 is 0.805 bits per heavy atom. The summed E-state index contributed by atoms with van der Waals surface area (Å²) >= 11 is 0. The minimum Gasteiger partial charge on any atom is -0.456 e. The van der Waals surface area contributed by atoms with Crippen LogP contribution in [0.4, 0.5) is 0 Å². The topological polar surface area (TPSA) is 107 Å². The largest absolute Gasteiger partial charge is 0.456 e. The maximum atomic E-state index is 13.4. The van der Waals surface area contributed by atoms with Gasteiger partial charge in [0, 0.05) is 12.0 Å². The van der Waals surface area contributed by atoms with Crippen LogP contribution >= 0.6 is 0 Å². The maximum Gasteiger partial charge on any atom is 0.343 e. The molecule has 8 heteroatoms. The molecule has 1 aliphatic carbocycles. The van der Waals surface area contributed by atoms with Crippen molar-refractivity contribution in [3.8, 4) is 5.75 Å². The van der Waals surface area contributed by atoms with E-state index in [-0.39, 0.29) is 29.5 Å². The summed E-state index contributed by atoms with van der Waals surface area (Å²) in [4.78, 5) is 66.3. The predicted octanol–water partition coefficient (Wildman–Crippen LogP) is 4.66. The van der Waals surface area contributed by atoms with E-state index < -0.39 is 42.2 Å². The monoisotopic (exact) mass is 553 g/mol. The first-order valence-electron chi connectivity index (χ1n) is 13.8. The molecule has 41 heavy (non-hydrogen) atoms. The lowest BCUT2D eigenvalue weighted by molar-refractivity contribution is -0.158. The smallest absolute Gasteiger partial charge is 0.343 e. The number of esters is 2. The van der Waals surface area contributed by atoms with Crippen molar-refractivity contribution in [2.75, 3.05) is 6.61 Å². The molecule has 2 amide bonds. The van der Waals surface area contributed by atoms with Gasteiger partial charge in [-0.2, -0.15) is 0 Å². The number of hydrogen-bond donors (Lipinski definition) is 0. The van der Waals surface area contributed by atoms with Crippen LogP contribution in [0.5, 0.6) is 5.75 Å². The van der Waals surface area contributed by atoms with E-state index in [4.69, 9.17) is 9.47 Å². The zero-order chi connectivity index (χ0) is 28.9. The van der Waals surface area contributed by atoms with Gasteiger partial charge in [0.1, 0.15) is 11.8 Å². The van der Waals surface area contributed by atoms with Crippen LogP contribution in [-0.4, -0.2) is 47.1 Å². The maximum absolute atomic E-state index is 13.4. The molecule has 2 fully saturated rings. The molecular formula is C33H31NO7. The molecule has 1 saturated heterocycles. The average Bonchev–Trinajstić information content (AvgIpc) is 3.24. The molecule has 1 aliphatic heterocycles. The van der Waals surface area contributed by atoms with E-state index in [0.29, 0.717) is 24.3 Å². The van der Waals surface area contributed by atoms with E-state index in [2.05, 4.69) is 6.92 Å². The van der Waals surface area contributed by atoms with Crippen molar-refractivity contribution < 1.29 is 33.4 Å². The summed E-state index contributed by atoms with van der Waals surface area (Å²) < 4.78 is 10.7. The zero-order valence-electron chi connectivity index (χ0n) is 22.7. The predicted molar refractivity (Wildman–Crippen MR) is 149 cm³/mol. The Balaban J connectivity index is 1.25. The molecule has 5 rings (SSSR count). The SMILES string of the molecule is CC1CCC2C(=O)N(C(Cc3ccccc3)C(=O)OCC(=O)c3ccc(OC(=O)c4ccccc4)cc3)C(=O)C2C1. The molecule has 1 heterocycles. The summed E-state index contributed by atoms with van der Waals surface area (Å²) in [5.41, 5.74) is 1.42. The van der Waals surface area contributed by atoms with Gasteiger partial charge in [-0.25, -0.2) is 9.59 Å². The lowest BCUT2D eigenvalue weighted by Crippen LogP contribution is -2.48. The van der Waals surface area contributed by atoms with Gasteiger partial charge >= 0.3 is 11.9 Å². The number of rotatable bonds is 9. The van der Waals surface area contributed by atoms with Crippen LogP contribution in [0, 0.1) is 17.8 Å². The van der Waals surface area contributed by atoms with Crippen LogP contribution in [0.3, 0.4) is 0 Å². The van der Waals surface area contributed by atoms with E-state index in [0.717, 1.165) is 16.9 Å². The average molecular weight is 554 g/mol. The second-order valence-electron chi connectivity index (χ2n) is 10.7. The van der Waals surface area contributed by atoms with Crippen molar-refractivity contribution in [1.29, 1.82) is 0 Å². The number of nitrogens with zero attached hydrogens (tertiary/aromatic N) is 1. The first-order chi connectivity index (χ1) is 19.8. The van der Waals surface area contributed by atoms with E-state index in [1.54, 1.807) is 30.3 Å². The lowest BCUT2D eigenvalue weighted by atomic mass is 9.76. The van der Waals surface area contributed by atoms with Gasteiger partial charge in [-0.3, -0.25) is 19.3 Å². The van der Waals surface area contributed by atoms with Crippen molar-refractivity contribution in [2.24, 2.45) is 17.8 Å². The standard InChI is InChI=1S/C33H31NO7/c1-21-12-17-26-27(18-21)31(37)34(30(26)36)28(19-22-8-4-2-5-9-22)33(39)40-20-29(35)23-13-15-25(16-14-23)41-32(38)24-10-6-3-7-11-24/h2-11,13-16,21,26-28H,12,17-20H2,1H3. The van der Waals surface area contributed by atoms with E-state index >= 15 is 0 Å². The first-order valence-corrected chi connectivity index (χ1v) is 13.8. The van der Waals surface area contributed by atoms with Crippen LogP contribution in [0.25, 0.3) is 0 Å². The van der Waals surface area contributed by atoms with Gasteiger partial charge in [0.2, 0.25) is 11.8 Å². The number of carbonyl (C=O) groups is 5. The molecule has 0 N–H and O–H groups in total. The van der Waals surface area contributed by atoms with Crippen molar-refractivity contribution in [1.82, 2.24) is 4.90 Å². The number of likely N-dealkylation sites (tertiary alicyclic amines) is 1. The van der Waals surface area contributed by atoms with Crippen molar-refractivity contribution in [3.63, 3.8) is 0 Å². The second-order valence-corrected chi connectivity index (χ2v) is 10.7. The molecule has 0 spiro atoms. The Hall–Kier alpha value is -4.59. The highest BCUT2D eigenvalue weighted by atomic mass is 16.5. The van der Waals surface area contributed by atoms with Gasteiger partial charge in [0.05, 0.1) is 17.4 Å². The van der Waals surface area contributed by atoms with E-state index in [9.17, 15) is 24.0 Å². The molecule has 0 radical (unpaired) electrons. The number of benzene rings is 3. The van der Waals surface area contributed by atoms with Crippen LogP contribution in [0.1, 0.15) is 52.5 Å². The fraction of sp³-hybridized carbons (Fsp3) is 0.303. The number of amides is 2. The number of imide groups is 1. The van der Waals surface area contributed by atoms with E-state index in [1.807, 2.05) is 30.3 Å². The van der Waals surface area contributed by atoms with Gasteiger partial charge in [0.25, 0.3) is 0 Å². The molecule has 0 aromatic heterocycles. The number of ether oxygens (including phenoxy) is 2. The molecule has 4 atom stereocenters. The van der Waals surface area contributed by atoms with Crippen LogP contribution in [-0.2, 0) is 25.5 Å². The Labute approximate surface area is 238 Å². The molecule has 210 valence electrons. The summed E-state index contributed by atoms with van der Waals surface area (Å²) in [6.45, 7) is 1.51. The third kappa shape index (κ3) is 6.27. The Kier molecular flexibility index (Phi) is 8.38. The van der Waals surface area contributed by atoms with Crippen LogP contribution in [0.15, 0.2) is 84.9 Å². The van der Waals surface area contributed by atoms with Gasteiger partial charge in [0.15, 0.2) is 12.4 Å². The molecule has 3 aromatic carbocycles. The van der Waals surface area contributed by atoms with Gasteiger partial charge in [-0.1, -0.05) is 55.5 Å². The Morgan fingerprint density at radius 3 is 2.12 bits per heavy atom. The van der Waals surface area contributed by atoms with Crippen molar-refractivity contribution in [3.05, 3.63) is 102 Å². The normalized spacial score (nSPS) is 20.7. The van der Waals surface area contributed by atoms with Crippen molar-refractivity contribution >= 4 is 29.5 Å². The number of ketones is 1. The molecule has 1 saturated carbocycles. The molecular weight excluding hydrogens is 522 g/mol. The molecule has 4 unspecified atom stereocenters. The van der Waals surface area contributed by atoms with Gasteiger partial charge in [-0.05, 0) is 67.1 Å². The molecule has 0 bridgehead atoms. The summed E-state index contributed by atoms with van der Waals surface area (Å²) in [6.07, 6.45) is 2.20. The Morgan fingerprint density at radius 2 is 1.44 bits per heavy atom. The quantitative estimate of drug-likeness (QED) is 0.164. The number of hydrogen-bond acceptors (Lipinski definition) is 7. The highest BCUT2D eigenvalue weighted by molar-refractivity contribution is 6.08. The number of Topliss-reactive ketones (excluding diaryl/α,β-unsaturated/α-hetero) is 1. The number of carbonyl (C=O) groups excluding carboxylic acids is 5.